The summed E-state index contributed by atoms with van der Waals surface area (Å²) in [7, 11) is 1.69. The quantitative estimate of drug-likeness (QED) is 0.632. The van der Waals surface area contributed by atoms with E-state index in [9.17, 15) is 14.9 Å². The molecule has 0 aliphatic rings. The predicted molar refractivity (Wildman–Crippen MR) is 89.7 cm³/mol. The van der Waals surface area contributed by atoms with Crippen molar-refractivity contribution in [2.75, 3.05) is 7.05 Å². The Morgan fingerprint density at radius 2 is 1.96 bits per heavy atom. The Labute approximate surface area is 138 Å². The van der Waals surface area contributed by atoms with Crippen molar-refractivity contribution in [3.8, 4) is 0 Å². The zero-order valence-electron chi connectivity index (χ0n) is 13.6. The standard InChI is InChI=1S/C16H19N3O3S/c1-16(2,3)14-12(19(21)22)9-13(23-14)15(20)18(4)10-11-5-7-17-8-6-11/h5-9H,10H2,1-4H3. The molecule has 23 heavy (non-hydrogen) atoms. The monoisotopic (exact) mass is 333 g/mol. The second-order valence-electron chi connectivity index (χ2n) is 6.35. The van der Waals surface area contributed by atoms with Crippen LogP contribution in [0.1, 0.15) is 40.9 Å². The number of pyridine rings is 1. The van der Waals surface area contributed by atoms with E-state index in [1.165, 1.54) is 17.4 Å². The van der Waals surface area contributed by atoms with E-state index < -0.39 is 4.92 Å². The van der Waals surface area contributed by atoms with Crippen molar-refractivity contribution in [2.45, 2.75) is 32.7 Å². The summed E-state index contributed by atoms with van der Waals surface area (Å²) in [5.74, 6) is -0.217. The Kier molecular flexibility index (Phi) is 4.79. The summed E-state index contributed by atoms with van der Waals surface area (Å²) in [5, 5.41) is 11.2. The smallest absolute Gasteiger partial charge is 0.284 e. The van der Waals surface area contributed by atoms with Crippen LogP contribution >= 0.6 is 11.3 Å². The first-order chi connectivity index (χ1) is 10.7. The number of carbonyl (C=O) groups is 1. The molecule has 0 N–H and O–H groups in total. The molecule has 122 valence electrons. The molecule has 0 unspecified atom stereocenters. The van der Waals surface area contributed by atoms with Gasteiger partial charge in [0.1, 0.15) is 0 Å². The molecule has 0 aliphatic carbocycles. The SMILES string of the molecule is CN(Cc1ccncc1)C(=O)c1cc([N+](=O)[O-])c(C(C)(C)C)s1. The molecular formula is C16H19N3O3S. The van der Waals surface area contributed by atoms with Gasteiger partial charge in [-0.1, -0.05) is 20.8 Å². The van der Waals surface area contributed by atoms with Gasteiger partial charge in [-0.2, -0.15) is 0 Å². The molecule has 2 aromatic rings. The van der Waals surface area contributed by atoms with Gasteiger partial charge in [-0.15, -0.1) is 11.3 Å². The minimum absolute atomic E-state index is 0.0168. The molecule has 0 saturated heterocycles. The van der Waals surface area contributed by atoms with Crippen molar-refractivity contribution in [3.05, 3.63) is 56.0 Å². The Morgan fingerprint density at radius 1 is 1.35 bits per heavy atom. The highest BCUT2D eigenvalue weighted by Gasteiger charge is 2.30. The second kappa shape index (κ2) is 6.45. The van der Waals surface area contributed by atoms with Gasteiger partial charge in [0.15, 0.2) is 0 Å². The lowest BCUT2D eigenvalue weighted by molar-refractivity contribution is -0.385. The molecule has 7 heteroatoms. The van der Waals surface area contributed by atoms with Crippen LogP contribution in [0.15, 0.2) is 30.6 Å². The van der Waals surface area contributed by atoms with Gasteiger partial charge in [0, 0.05) is 37.5 Å². The lowest BCUT2D eigenvalue weighted by Gasteiger charge is -2.17. The molecule has 0 aromatic carbocycles. The summed E-state index contributed by atoms with van der Waals surface area (Å²) < 4.78 is 0. The molecule has 0 saturated carbocycles. The van der Waals surface area contributed by atoms with Gasteiger partial charge in [0.05, 0.1) is 14.7 Å². The fourth-order valence-corrected chi connectivity index (χ4v) is 3.36. The highest BCUT2D eigenvalue weighted by atomic mass is 32.1. The maximum Gasteiger partial charge on any atom is 0.284 e. The van der Waals surface area contributed by atoms with Crippen LogP contribution in [0, 0.1) is 10.1 Å². The Morgan fingerprint density at radius 3 is 2.43 bits per heavy atom. The average Bonchev–Trinajstić information content (AvgIpc) is 2.93. The van der Waals surface area contributed by atoms with Crippen LogP contribution in [-0.4, -0.2) is 27.8 Å². The first-order valence-corrected chi connectivity index (χ1v) is 7.95. The molecule has 0 aliphatic heterocycles. The summed E-state index contributed by atoms with van der Waals surface area (Å²) in [4.78, 5) is 29.9. The van der Waals surface area contributed by atoms with E-state index >= 15 is 0 Å². The number of rotatable bonds is 4. The van der Waals surface area contributed by atoms with E-state index in [-0.39, 0.29) is 17.0 Å². The van der Waals surface area contributed by atoms with Crippen molar-refractivity contribution in [1.82, 2.24) is 9.88 Å². The second-order valence-corrected chi connectivity index (χ2v) is 7.40. The highest BCUT2D eigenvalue weighted by molar-refractivity contribution is 7.14. The van der Waals surface area contributed by atoms with Crippen LogP contribution in [0.5, 0.6) is 0 Å². The topological polar surface area (TPSA) is 76.3 Å². The molecule has 0 bridgehead atoms. The maximum absolute atomic E-state index is 12.6. The van der Waals surface area contributed by atoms with E-state index in [0.717, 1.165) is 5.56 Å². The fraction of sp³-hybridized carbons (Fsp3) is 0.375. The zero-order chi connectivity index (χ0) is 17.2. The minimum Gasteiger partial charge on any atom is -0.337 e. The zero-order valence-corrected chi connectivity index (χ0v) is 14.4. The van der Waals surface area contributed by atoms with Gasteiger partial charge in [-0.05, 0) is 17.7 Å². The van der Waals surface area contributed by atoms with Crippen molar-refractivity contribution in [1.29, 1.82) is 0 Å². The molecule has 1 amide bonds. The summed E-state index contributed by atoms with van der Waals surface area (Å²) >= 11 is 1.20. The average molecular weight is 333 g/mol. The minimum atomic E-state index is -0.420. The van der Waals surface area contributed by atoms with Crippen LogP contribution in [0.25, 0.3) is 0 Å². The third-order valence-electron chi connectivity index (χ3n) is 3.32. The Bertz CT molecular complexity index is 720. The predicted octanol–water partition coefficient (Wildman–Crippen LogP) is 3.62. The van der Waals surface area contributed by atoms with Crippen LogP contribution in [0.4, 0.5) is 5.69 Å². The van der Waals surface area contributed by atoms with Gasteiger partial charge in [0.2, 0.25) is 0 Å². The van der Waals surface area contributed by atoms with E-state index in [2.05, 4.69) is 4.98 Å². The molecule has 2 heterocycles. The highest BCUT2D eigenvalue weighted by Crippen LogP contribution is 2.38. The fourth-order valence-electron chi connectivity index (χ4n) is 2.18. The number of hydrogen-bond acceptors (Lipinski definition) is 5. The lowest BCUT2D eigenvalue weighted by atomic mass is 9.94. The number of hydrogen-bond donors (Lipinski definition) is 0. The van der Waals surface area contributed by atoms with Crippen LogP contribution in [0.3, 0.4) is 0 Å². The summed E-state index contributed by atoms with van der Waals surface area (Å²) in [6, 6.07) is 5.05. The number of carbonyl (C=O) groups excluding carboxylic acids is 1. The number of nitrogens with zero attached hydrogens (tertiary/aromatic N) is 3. The van der Waals surface area contributed by atoms with E-state index in [4.69, 9.17) is 0 Å². The number of amides is 1. The molecule has 0 radical (unpaired) electrons. The normalized spacial score (nSPS) is 11.3. The number of aromatic nitrogens is 1. The number of thiophene rings is 1. The van der Waals surface area contributed by atoms with Gasteiger partial charge in [0.25, 0.3) is 11.6 Å². The molecule has 0 fully saturated rings. The molecule has 2 aromatic heterocycles. The van der Waals surface area contributed by atoms with E-state index in [0.29, 0.717) is 16.3 Å². The van der Waals surface area contributed by atoms with Crippen molar-refractivity contribution < 1.29 is 9.72 Å². The van der Waals surface area contributed by atoms with Crippen molar-refractivity contribution >= 4 is 22.9 Å². The van der Waals surface area contributed by atoms with E-state index in [1.54, 1.807) is 24.3 Å². The van der Waals surface area contributed by atoms with Gasteiger partial charge >= 0.3 is 0 Å². The van der Waals surface area contributed by atoms with E-state index in [1.807, 2.05) is 32.9 Å². The van der Waals surface area contributed by atoms with Gasteiger partial charge in [-0.3, -0.25) is 19.9 Å². The summed E-state index contributed by atoms with van der Waals surface area (Å²) in [6.07, 6.45) is 3.34. The molecule has 2 rings (SSSR count). The largest absolute Gasteiger partial charge is 0.337 e. The van der Waals surface area contributed by atoms with Gasteiger partial charge in [-0.25, -0.2) is 0 Å². The Hall–Kier alpha value is -2.28. The molecular weight excluding hydrogens is 314 g/mol. The maximum atomic E-state index is 12.6. The van der Waals surface area contributed by atoms with Crippen molar-refractivity contribution in [3.63, 3.8) is 0 Å². The molecule has 0 spiro atoms. The van der Waals surface area contributed by atoms with Crippen LogP contribution in [-0.2, 0) is 12.0 Å². The first-order valence-electron chi connectivity index (χ1n) is 7.13. The van der Waals surface area contributed by atoms with Gasteiger partial charge < -0.3 is 4.90 Å². The third-order valence-corrected chi connectivity index (χ3v) is 4.85. The number of nitro groups is 1. The summed E-state index contributed by atoms with van der Waals surface area (Å²) in [6.45, 7) is 6.14. The lowest BCUT2D eigenvalue weighted by Crippen LogP contribution is -2.25. The molecule has 6 nitrogen and oxygen atoms in total. The molecule has 0 atom stereocenters. The first kappa shape index (κ1) is 17.1. The third kappa shape index (κ3) is 3.92. The van der Waals surface area contributed by atoms with Crippen molar-refractivity contribution in [2.24, 2.45) is 0 Å². The van der Waals surface area contributed by atoms with Crippen LogP contribution < -0.4 is 0 Å². The summed E-state index contributed by atoms with van der Waals surface area (Å²) in [5.41, 5.74) is 0.594. The Balaban J connectivity index is 2.27. The van der Waals surface area contributed by atoms with Crippen LogP contribution in [0.2, 0.25) is 0 Å².